The Hall–Kier alpha value is -3.65. The zero-order valence-corrected chi connectivity index (χ0v) is 24.1. The first-order valence-electron chi connectivity index (χ1n) is 13.2. The van der Waals surface area contributed by atoms with Crippen molar-refractivity contribution in [2.75, 3.05) is 24.9 Å². The van der Waals surface area contributed by atoms with Crippen molar-refractivity contribution in [3.8, 4) is 0 Å². The second kappa shape index (κ2) is 11.2. The van der Waals surface area contributed by atoms with Crippen LogP contribution in [0.3, 0.4) is 0 Å². The number of amides is 2. The van der Waals surface area contributed by atoms with E-state index in [4.69, 9.17) is 0 Å². The number of sulfonamides is 1. The van der Waals surface area contributed by atoms with Gasteiger partial charge in [-0.05, 0) is 52.3 Å². The Morgan fingerprint density at radius 2 is 1.54 bits per heavy atom. The van der Waals surface area contributed by atoms with E-state index in [1.165, 1.54) is 4.31 Å². The molecule has 0 saturated heterocycles. The number of rotatable bonds is 8. The molecular weight excluding hydrogens is 510 g/mol. The average molecular weight is 548 g/mol. The van der Waals surface area contributed by atoms with E-state index in [2.05, 4.69) is 26.1 Å². The van der Waals surface area contributed by atoms with Gasteiger partial charge in [0.05, 0.1) is 17.0 Å². The van der Waals surface area contributed by atoms with Crippen molar-refractivity contribution in [2.24, 2.45) is 0 Å². The van der Waals surface area contributed by atoms with Gasteiger partial charge in [-0.3, -0.25) is 13.9 Å². The maximum absolute atomic E-state index is 13.8. The van der Waals surface area contributed by atoms with Crippen LogP contribution in [0.4, 0.5) is 5.69 Å². The van der Waals surface area contributed by atoms with Crippen LogP contribution in [-0.2, 0) is 44.3 Å². The van der Waals surface area contributed by atoms with E-state index in [0.717, 1.165) is 22.3 Å². The van der Waals surface area contributed by atoms with Crippen LogP contribution in [0.1, 0.15) is 43.0 Å². The van der Waals surface area contributed by atoms with Crippen molar-refractivity contribution in [1.82, 2.24) is 10.2 Å². The molecule has 7 nitrogen and oxygen atoms in total. The van der Waals surface area contributed by atoms with Gasteiger partial charge in [-0.1, -0.05) is 75.4 Å². The Balaban J connectivity index is 1.47. The molecule has 0 spiro atoms. The first kappa shape index (κ1) is 28.4. The van der Waals surface area contributed by atoms with E-state index >= 15 is 0 Å². The molecule has 4 rings (SSSR count). The molecule has 0 aromatic heterocycles. The molecule has 1 aliphatic heterocycles. The third-order valence-electron chi connectivity index (χ3n) is 7.10. The summed E-state index contributed by atoms with van der Waals surface area (Å²) < 4.78 is 29.0. The van der Waals surface area contributed by atoms with E-state index in [1.807, 2.05) is 48.5 Å². The Bertz CT molecular complexity index is 1440. The lowest BCUT2D eigenvalue weighted by Gasteiger charge is -2.27. The lowest BCUT2D eigenvalue weighted by Crippen LogP contribution is -2.48. The minimum atomic E-state index is -3.97. The molecule has 0 aliphatic carbocycles. The standard InChI is InChI=1S/C31H37N3O4S/c1-31(2,3)25-14-16-26(17-15-25)39(37,38)34-27-9-7-6-8-24(27)21-28(34)30(36)32-19-18-22-10-12-23(13-11-22)20-29(35)33(4)5/h6-17,28H,18-21H2,1-5H3,(H,32,36)/t28-/m0/s1. The number of nitrogens with zero attached hydrogens (tertiary/aromatic N) is 2. The maximum Gasteiger partial charge on any atom is 0.265 e. The number of anilines is 1. The lowest BCUT2D eigenvalue weighted by molar-refractivity contribution is -0.128. The third kappa shape index (κ3) is 6.33. The lowest BCUT2D eigenvalue weighted by atomic mass is 9.87. The summed E-state index contributed by atoms with van der Waals surface area (Å²) in [6, 6.07) is 21.1. The molecular formula is C31H37N3O4S. The molecule has 1 heterocycles. The number of likely N-dealkylation sites (N-methyl/N-ethyl adjacent to an activating group) is 1. The number of nitrogens with one attached hydrogen (secondary N) is 1. The fourth-order valence-corrected chi connectivity index (χ4v) is 6.35. The smallest absolute Gasteiger partial charge is 0.265 e. The predicted octanol–water partition coefficient (Wildman–Crippen LogP) is 4.09. The molecule has 8 heteroatoms. The van der Waals surface area contributed by atoms with Crippen molar-refractivity contribution in [3.05, 3.63) is 95.1 Å². The summed E-state index contributed by atoms with van der Waals surface area (Å²) in [5.41, 5.74) is 4.26. The van der Waals surface area contributed by atoms with Gasteiger partial charge in [0, 0.05) is 27.1 Å². The molecule has 3 aromatic rings. The van der Waals surface area contributed by atoms with Crippen LogP contribution in [0.15, 0.2) is 77.7 Å². The predicted molar refractivity (Wildman–Crippen MR) is 154 cm³/mol. The highest BCUT2D eigenvalue weighted by Crippen LogP contribution is 2.37. The zero-order valence-electron chi connectivity index (χ0n) is 23.3. The number of hydrogen-bond donors (Lipinski definition) is 1. The van der Waals surface area contributed by atoms with Crippen molar-refractivity contribution < 1.29 is 18.0 Å². The second-order valence-corrected chi connectivity index (χ2v) is 13.1. The molecule has 206 valence electrons. The van der Waals surface area contributed by atoms with Gasteiger partial charge in [0.2, 0.25) is 11.8 Å². The second-order valence-electron chi connectivity index (χ2n) is 11.2. The first-order valence-corrected chi connectivity index (χ1v) is 14.6. The largest absolute Gasteiger partial charge is 0.354 e. The average Bonchev–Trinajstić information content (AvgIpc) is 3.30. The SMILES string of the molecule is CN(C)C(=O)Cc1ccc(CCNC(=O)[C@@H]2Cc3ccccc3N2S(=O)(=O)c2ccc(C(C)(C)C)cc2)cc1. The van der Waals surface area contributed by atoms with Gasteiger partial charge in [0.15, 0.2) is 0 Å². The summed E-state index contributed by atoms with van der Waals surface area (Å²) in [6.45, 7) is 6.60. The van der Waals surface area contributed by atoms with Gasteiger partial charge in [0.25, 0.3) is 10.0 Å². The third-order valence-corrected chi connectivity index (χ3v) is 8.93. The number of carbonyl (C=O) groups is 2. The highest BCUT2D eigenvalue weighted by Gasteiger charge is 2.42. The Kier molecular flexibility index (Phi) is 8.16. The summed E-state index contributed by atoms with van der Waals surface area (Å²) in [6.07, 6.45) is 1.25. The molecule has 0 radical (unpaired) electrons. The number of carbonyl (C=O) groups excluding carboxylic acids is 2. The highest BCUT2D eigenvalue weighted by molar-refractivity contribution is 7.93. The maximum atomic E-state index is 13.8. The fourth-order valence-electron chi connectivity index (χ4n) is 4.70. The quantitative estimate of drug-likeness (QED) is 0.460. The molecule has 39 heavy (non-hydrogen) atoms. The molecule has 1 aliphatic rings. The normalized spacial score (nSPS) is 15.1. The highest BCUT2D eigenvalue weighted by atomic mass is 32.2. The topological polar surface area (TPSA) is 86.8 Å². The number of benzene rings is 3. The minimum absolute atomic E-state index is 0.0391. The van der Waals surface area contributed by atoms with E-state index in [9.17, 15) is 18.0 Å². The van der Waals surface area contributed by atoms with Gasteiger partial charge in [-0.25, -0.2) is 8.42 Å². The molecule has 0 saturated carbocycles. The van der Waals surface area contributed by atoms with E-state index in [0.29, 0.717) is 31.5 Å². The first-order chi connectivity index (χ1) is 18.4. The summed E-state index contributed by atoms with van der Waals surface area (Å²) >= 11 is 0. The molecule has 1 N–H and O–H groups in total. The number of fused-ring (bicyclic) bond motifs is 1. The summed E-state index contributed by atoms with van der Waals surface area (Å²) in [5, 5.41) is 2.95. The van der Waals surface area contributed by atoms with Crippen LogP contribution in [-0.4, -0.2) is 51.8 Å². The van der Waals surface area contributed by atoms with Crippen molar-refractivity contribution in [1.29, 1.82) is 0 Å². The van der Waals surface area contributed by atoms with Gasteiger partial charge in [-0.2, -0.15) is 0 Å². The molecule has 0 bridgehead atoms. The van der Waals surface area contributed by atoms with Crippen LogP contribution < -0.4 is 9.62 Å². The molecule has 1 atom stereocenters. The monoisotopic (exact) mass is 547 g/mol. The van der Waals surface area contributed by atoms with E-state index in [1.54, 1.807) is 43.3 Å². The summed E-state index contributed by atoms with van der Waals surface area (Å²) in [4.78, 5) is 27.0. The van der Waals surface area contributed by atoms with Crippen LogP contribution in [0, 0.1) is 0 Å². The minimum Gasteiger partial charge on any atom is -0.354 e. The van der Waals surface area contributed by atoms with Crippen LogP contribution in [0.2, 0.25) is 0 Å². The summed E-state index contributed by atoms with van der Waals surface area (Å²) in [7, 11) is -0.498. The fraction of sp³-hybridized carbons (Fsp3) is 0.355. The van der Waals surface area contributed by atoms with E-state index < -0.39 is 16.1 Å². The van der Waals surface area contributed by atoms with Gasteiger partial charge >= 0.3 is 0 Å². The van der Waals surface area contributed by atoms with Gasteiger partial charge < -0.3 is 10.2 Å². The Labute approximate surface area is 231 Å². The van der Waals surface area contributed by atoms with Gasteiger partial charge in [0.1, 0.15) is 6.04 Å². The van der Waals surface area contributed by atoms with Crippen LogP contribution >= 0.6 is 0 Å². The van der Waals surface area contributed by atoms with Crippen molar-refractivity contribution in [3.63, 3.8) is 0 Å². The van der Waals surface area contributed by atoms with E-state index in [-0.39, 0.29) is 22.1 Å². The molecule has 0 unspecified atom stereocenters. The Morgan fingerprint density at radius 3 is 2.15 bits per heavy atom. The molecule has 3 aromatic carbocycles. The van der Waals surface area contributed by atoms with Gasteiger partial charge in [-0.15, -0.1) is 0 Å². The molecule has 0 fully saturated rings. The summed E-state index contributed by atoms with van der Waals surface area (Å²) in [5.74, 6) is -0.286. The van der Waals surface area contributed by atoms with Crippen molar-refractivity contribution >= 4 is 27.5 Å². The Morgan fingerprint density at radius 1 is 0.923 bits per heavy atom. The van der Waals surface area contributed by atoms with Crippen LogP contribution in [0.25, 0.3) is 0 Å². The van der Waals surface area contributed by atoms with Crippen LogP contribution in [0.5, 0.6) is 0 Å². The molecule has 2 amide bonds. The zero-order chi connectivity index (χ0) is 28.4. The van der Waals surface area contributed by atoms with Crippen molar-refractivity contribution in [2.45, 2.75) is 56.4 Å². The number of hydrogen-bond acceptors (Lipinski definition) is 4. The number of para-hydroxylation sites is 1.